The largest absolute Gasteiger partial charge is 0.489 e. The van der Waals surface area contributed by atoms with E-state index >= 15 is 0 Å². The first kappa shape index (κ1) is 20.3. The van der Waals surface area contributed by atoms with Gasteiger partial charge in [-0.1, -0.05) is 24.3 Å². The highest BCUT2D eigenvalue weighted by Gasteiger charge is 2.09. The van der Waals surface area contributed by atoms with E-state index in [0.29, 0.717) is 34.9 Å². The van der Waals surface area contributed by atoms with Gasteiger partial charge in [-0.15, -0.1) is 0 Å². The summed E-state index contributed by atoms with van der Waals surface area (Å²) < 4.78 is 11.8. The average Bonchev–Trinajstić information content (AvgIpc) is 3.24. The Balaban J connectivity index is 1.33. The van der Waals surface area contributed by atoms with E-state index in [-0.39, 0.29) is 6.61 Å². The average molecular weight is 433 g/mol. The number of aromatic nitrogens is 2. The molecule has 0 unspecified atom stereocenters. The summed E-state index contributed by atoms with van der Waals surface area (Å²) in [5, 5.41) is 11.4. The lowest BCUT2D eigenvalue weighted by Gasteiger charge is -2.12. The maximum absolute atomic E-state index is 11.5. The van der Waals surface area contributed by atoms with Gasteiger partial charge >= 0.3 is 0 Å². The van der Waals surface area contributed by atoms with Gasteiger partial charge in [0, 0.05) is 34.1 Å². The zero-order valence-electron chi connectivity index (χ0n) is 17.6. The zero-order chi connectivity index (χ0) is 22.6. The molecule has 6 heteroatoms. The Morgan fingerprint density at radius 3 is 2.67 bits per heavy atom. The molecule has 0 aliphatic carbocycles. The molecule has 2 heterocycles. The van der Waals surface area contributed by atoms with Crippen molar-refractivity contribution >= 4 is 28.1 Å². The molecule has 0 amide bonds. The lowest BCUT2D eigenvalue weighted by Crippen LogP contribution is -2.02. The molecule has 5 aromatic rings. The van der Waals surface area contributed by atoms with Gasteiger partial charge in [0.05, 0.1) is 22.9 Å². The summed E-state index contributed by atoms with van der Waals surface area (Å²) in [4.78, 5) is 19.1. The first-order chi connectivity index (χ1) is 16.2. The Morgan fingerprint density at radius 2 is 1.79 bits per heavy atom. The highest BCUT2D eigenvalue weighted by Crippen LogP contribution is 2.28. The van der Waals surface area contributed by atoms with Crippen molar-refractivity contribution in [1.29, 1.82) is 5.26 Å². The predicted octanol–water partition coefficient (Wildman–Crippen LogP) is 5.56. The van der Waals surface area contributed by atoms with E-state index in [9.17, 15) is 4.79 Å². The number of carbonyl (C=O) groups is 1. The maximum atomic E-state index is 11.5. The molecule has 160 valence electrons. The highest BCUT2D eigenvalue weighted by atomic mass is 16.5. The number of aldehydes is 1. The Hall–Kier alpha value is -4.63. The monoisotopic (exact) mass is 433 g/mol. The van der Waals surface area contributed by atoms with Crippen LogP contribution in [0, 0.1) is 11.3 Å². The maximum Gasteiger partial charge on any atom is 0.153 e. The fraction of sp³-hybridized carbons (Fsp3) is 0.0741. The number of hydrogen-bond donors (Lipinski definition) is 1. The number of benzene rings is 3. The van der Waals surface area contributed by atoms with Gasteiger partial charge < -0.3 is 14.5 Å². The fourth-order valence-electron chi connectivity index (χ4n) is 3.76. The third-order valence-electron chi connectivity index (χ3n) is 5.41. The molecule has 0 saturated heterocycles. The highest BCUT2D eigenvalue weighted by molar-refractivity contribution is 6.07. The SMILES string of the molecule is N#Cc1ccnc(COc2cc(OCc3ccc4[nH]c5ccccc5c4c3)ccc2C=O)c1. The number of hydrogen-bond acceptors (Lipinski definition) is 5. The third-order valence-corrected chi connectivity index (χ3v) is 5.41. The summed E-state index contributed by atoms with van der Waals surface area (Å²) in [6, 6.07) is 24.9. The van der Waals surface area contributed by atoms with Crippen LogP contribution in [-0.2, 0) is 13.2 Å². The minimum absolute atomic E-state index is 0.136. The quantitative estimate of drug-likeness (QED) is 0.340. The van der Waals surface area contributed by atoms with Crippen molar-refractivity contribution in [3.05, 3.63) is 101 Å². The molecule has 3 aromatic carbocycles. The Kier molecular flexibility index (Phi) is 5.44. The minimum Gasteiger partial charge on any atom is -0.489 e. The van der Waals surface area contributed by atoms with Gasteiger partial charge in [-0.2, -0.15) is 5.26 Å². The number of nitriles is 1. The number of pyridine rings is 1. The molecule has 0 radical (unpaired) electrons. The van der Waals surface area contributed by atoms with Crippen LogP contribution in [0.25, 0.3) is 21.8 Å². The third kappa shape index (κ3) is 4.25. The van der Waals surface area contributed by atoms with E-state index < -0.39 is 0 Å². The fourth-order valence-corrected chi connectivity index (χ4v) is 3.76. The van der Waals surface area contributed by atoms with Gasteiger partial charge in [0.1, 0.15) is 24.7 Å². The molecule has 0 fully saturated rings. The summed E-state index contributed by atoms with van der Waals surface area (Å²) in [6.07, 6.45) is 2.30. The van der Waals surface area contributed by atoms with Crippen LogP contribution in [0.4, 0.5) is 0 Å². The van der Waals surface area contributed by atoms with Gasteiger partial charge in [-0.25, -0.2) is 0 Å². The molecule has 0 bridgehead atoms. The molecule has 2 aromatic heterocycles. The van der Waals surface area contributed by atoms with E-state index in [2.05, 4.69) is 40.3 Å². The van der Waals surface area contributed by atoms with Gasteiger partial charge in [-0.3, -0.25) is 9.78 Å². The molecule has 5 rings (SSSR count). The standard InChI is InChI=1S/C27H19N3O3/c28-14-18-9-10-29-21(11-18)17-33-27-13-22(7-6-20(27)15-31)32-16-19-5-8-26-24(12-19)23-3-1-2-4-25(23)30-26/h1-13,15,30H,16-17H2. The molecule has 0 atom stereocenters. The Bertz CT molecular complexity index is 1510. The van der Waals surface area contributed by atoms with Crippen LogP contribution in [0.5, 0.6) is 11.5 Å². The molecule has 0 saturated carbocycles. The van der Waals surface area contributed by atoms with Gasteiger partial charge in [-0.05, 0) is 48.0 Å². The van der Waals surface area contributed by atoms with E-state index in [4.69, 9.17) is 14.7 Å². The second-order valence-corrected chi connectivity index (χ2v) is 7.59. The lowest BCUT2D eigenvalue weighted by molar-refractivity contribution is 0.111. The number of rotatable bonds is 7. The Morgan fingerprint density at radius 1 is 0.909 bits per heavy atom. The predicted molar refractivity (Wildman–Crippen MR) is 125 cm³/mol. The molecular weight excluding hydrogens is 414 g/mol. The molecule has 0 aliphatic rings. The van der Waals surface area contributed by atoms with Crippen molar-refractivity contribution in [2.45, 2.75) is 13.2 Å². The zero-order valence-corrected chi connectivity index (χ0v) is 17.6. The van der Waals surface area contributed by atoms with Crippen LogP contribution in [-0.4, -0.2) is 16.3 Å². The van der Waals surface area contributed by atoms with Crippen LogP contribution >= 0.6 is 0 Å². The smallest absolute Gasteiger partial charge is 0.153 e. The number of fused-ring (bicyclic) bond motifs is 3. The molecular formula is C27H19N3O3. The van der Waals surface area contributed by atoms with Crippen LogP contribution in [0.3, 0.4) is 0 Å². The van der Waals surface area contributed by atoms with E-state index in [1.165, 1.54) is 5.39 Å². The number of para-hydroxylation sites is 1. The van der Waals surface area contributed by atoms with Gasteiger partial charge in [0.15, 0.2) is 6.29 Å². The van der Waals surface area contributed by atoms with Gasteiger partial charge in [0.25, 0.3) is 0 Å². The minimum atomic E-state index is 0.136. The number of aromatic amines is 1. The summed E-state index contributed by atoms with van der Waals surface area (Å²) in [5.74, 6) is 0.993. The van der Waals surface area contributed by atoms with Crippen molar-refractivity contribution in [3.63, 3.8) is 0 Å². The number of ether oxygens (including phenoxy) is 2. The van der Waals surface area contributed by atoms with Crippen molar-refractivity contribution in [3.8, 4) is 17.6 Å². The van der Waals surface area contributed by atoms with E-state index in [0.717, 1.165) is 28.3 Å². The van der Waals surface area contributed by atoms with E-state index in [1.54, 1.807) is 36.5 Å². The Labute approximate surface area is 190 Å². The molecule has 0 spiro atoms. The summed E-state index contributed by atoms with van der Waals surface area (Å²) >= 11 is 0. The summed E-state index contributed by atoms with van der Waals surface area (Å²) in [7, 11) is 0. The van der Waals surface area contributed by atoms with Crippen molar-refractivity contribution in [1.82, 2.24) is 9.97 Å². The lowest BCUT2D eigenvalue weighted by atomic mass is 10.1. The molecule has 33 heavy (non-hydrogen) atoms. The normalized spacial score (nSPS) is 10.8. The first-order valence-corrected chi connectivity index (χ1v) is 10.4. The molecule has 6 nitrogen and oxygen atoms in total. The number of nitrogens with one attached hydrogen (secondary N) is 1. The molecule has 1 N–H and O–H groups in total. The number of H-pyrrole nitrogens is 1. The number of nitrogens with zero attached hydrogens (tertiary/aromatic N) is 2. The van der Waals surface area contributed by atoms with Crippen LogP contribution in [0.2, 0.25) is 0 Å². The second kappa shape index (κ2) is 8.85. The first-order valence-electron chi connectivity index (χ1n) is 10.4. The van der Waals surface area contributed by atoms with Crippen molar-refractivity contribution in [2.75, 3.05) is 0 Å². The topological polar surface area (TPSA) is 88.0 Å². The van der Waals surface area contributed by atoms with Crippen LogP contribution in [0.15, 0.2) is 79.0 Å². The number of carbonyl (C=O) groups excluding carboxylic acids is 1. The van der Waals surface area contributed by atoms with E-state index in [1.807, 2.05) is 18.2 Å². The molecule has 0 aliphatic heterocycles. The second-order valence-electron chi connectivity index (χ2n) is 7.59. The van der Waals surface area contributed by atoms with Crippen molar-refractivity contribution in [2.24, 2.45) is 0 Å². The summed E-state index contributed by atoms with van der Waals surface area (Å²) in [5.41, 5.74) is 4.74. The summed E-state index contributed by atoms with van der Waals surface area (Å²) in [6.45, 7) is 0.512. The van der Waals surface area contributed by atoms with Crippen LogP contribution < -0.4 is 9.47 Å². The van der Waals surface area contributed by atoms with Gasteiger partial charge in [0.2, 0.25) is 0 Å². The van der Waals surface area contributed by atoms with Crippen LogP contribution in [0.1, 0.15) is 27.2 Å². The van der Waals surface area contributed by atoms with Crippen molar-refractivity contribution < 1.29 is 14.3 Å².